The van der Waals surface area contributed by atoms with Gasteiger partial charge >= 0.3 is 5.97 Å². The highest BCUT2D eigenvalue weighted by Gasteiger charge is 2.48. The number of carbonyl (C=O) groups is 2. The van der Waals surface area contributed by atoms with Crippen molar-refractivity contribution in [1.29, 1.82) is 0 Å². The van der Waals surface area contributed by atoms with Gasteiger partial charge in [-0.25, -0.2) is 4.79 Å². The number of methoxy groups -OCH3 is 2. The van der Waals surface area contributed by atoms with Gasteiger partial charge in [-0.15, -0.1) is 34.0 Å². The minimum Gasteiger partial charge on any atom is -0.545 e. The van der Waals surface area contributed by atoms with Gasteiger partial charge < -0.3 is 28.6 Å². The molecule has 2 aromatic rings. The smallest absolute Gasteiger partial charge is 0.338 e. The maximum absolute atomic E-state index is 12.7. The second-order valence-corrected chi connectivity index (χ2v) is 8.46. The number of carboxylic acid groups (broad SMARTS) is 1. The van der Waals surface area contributed by atoms with E-state index in [-0.39, 0.29) is 51.2 Å². The van der Waals surface area contributed by atoms with Crippen molar-refractivity contribution < 1.29 is 33.4 Å². The molecule has 33 heavy (non-hydrogen) atoms. The molecule has 7 nitrogen and oxygen atoms in total. The second-order valence-electron chi connectivity index (χ2n) is 8.46. The monoisotopic (exact) mass is 585 g/mol. The largest absolute Gasteiger partial charge is 0.545 e. The second kappa shape index (κ2) is 11.4. The third-order valence-corrected chi connectivity index (χ3v) is 6.63. The van der Waals surface area contributed by atoms with Crippen LogP contribution >= 0.6 is 34.0 Å². The van der Waals surface area contributed by atoms with E-state index in [9.17, 15) is 14.7 Å². The Hall–Kier alpha value is -2.10. The van der Waals surface area contributed by atoms with E-state index in [2.05, 4.69) is 0 Å². The molecule has 1 unspecified atom stereocenters. The molecule has 3 aliphatic rings. The first-order valence-corrected chi connectivity index (χ1v) is 10.5. The van der Waals surface area contributed by atoms with E-state index in [0.29, 0.717) is 5.92 Å². The molecule has 9 heteroatoms. The van der Waals surface area contributed by atoms with Gasteiger partial charge in [-0.1, -0.05) is 12.1 Å². The van der Waals surface area contributed by atoms with Crippen molar-refractivity contribution in [2.75, 3.05) is 33.9 Å². The number of halogens is 2. The van der Waals surface area contributed by atoms with Crippen LogP contribution in [0.5, 0.6) is 11.5 Å². The lowest BCUT2D eigenvalue weighted by Gasteiger charge is -2.52. The number of rotatable bonds is 7. The number of carboxylic acids is 1. The van der Waals surface area contributed by atoms with Crippen LogP contribution in [0.15, 0.2) is 42.5 Å². The van der Waals surface area contributed by atoms with Gasteiger partial charge in [-0.2, -0.15) is 0 Å². The Balaban J connectivity index is 0.00000193. The molecule has 5 rings (SSSR count). The zero-order valence-corrected chi connectivity index (χ0v) is 22.1. The Bertz CT molecular complexity index is 991. The average molecular weight is 587 g/mol. The number of benzene rings is 2. The molecule has 1 atom stereocenters. The minimum atomic E-state index is -1.31. The molecule has 3 heterocycles. The van der Waals surface area contributed by atoms with E-state index in [0.717, 1.165) is 60.6 Å². The van der Waals surface area contributed by atoms with Crippen molar-refractivity contribution >= 4 is 45.9 Å². The van der Waals surface area contributed by atoms with E-state index in [4.69, 9.17) is 14.2 Å². The van der Waals surface area contributed by atoms with Gasteiger partial charge in [0.15, 0.2) is 6.10 Å². The number of carbonyl (C=O) groups excluding carboxylic acids is 2. The van der Waals surface area contributed by atoms with Gasteiger partial charge in [0.05, 0.1) is 44.4 Å². The molecular formula is C24H29Br2NO6. The molecule has 180 valence electrons. The highest BCUT2D eigenvalue weighted by molar-refractivity contribution is 8.93. The molecule has 3 saturated heterocycles. The summed E-state index contributed by atoms with van der Waals surface area (Å²) in [6.07, 6.45) is 1.78. The number of nitrogens with zero attached hydrogens (tertiary/aromatic N) is 1. The van der Waals surface area contributed by atoms with E-state index in [1.807, 2.05) is 18.2 Å². The van der Waals surface area contributed by atoms with Crippen molar-refractivity contribution in [1.82, 2.24) is 0 Å². The van der Waals surface area contributed by atoms with Gasteiger partial charge in [0.1, 0.15) is 24.6 Å². The maximum Gasteiger partial charge on any atom is 0.338 e. The average Bonchev–Trinajstić information content (AvgIpc) is 2.79. The van der Waals surface area contributed by atoms with Gasteiger partial charge in [-0.3, -0.25) is 0 Å². The Morgan fingerprint density at radius 2 is 1.70 bits per heavy atom. The summed E-state index contributed by atoms with van der Waals surface area (Å²) < 4.78 is 17.7. The topological polar surface area (TPSA) is 84.9 Å². The summed E-state index contributed by atoms with van der Waals surface area (Å²) in [7, 11) is 3.31. The van der Waals surface area contributed by atoms with Crippen molar-refractivity contribution in [3.63, 3.8) is 0 Å². The highest BCUT2D eigenvalue weighted by atomic mass is 79.9. The van der Waals surface area contributed by atoms with Crippen LogP contribution in [0.3, 0.4) is 0 Å². The summed E-state index contributed by atoms with van der Waals surface area (Å²) >= 11 is 0. The molecule has 0 radical (unpaired) electrons. The SMILES string of the molecule is Br.Br.COc1ccc(OC)c(C[N+]23CCC(CC2)C(OC(=O)c2cccc(C(=O)[O-])c2)C3)c1. The Labute approximate surface area is 214 Å². The molecule has 3 aliphatic heterocycles. The van der Waals surface area contributed by atoms with Crippen molar-refractivity contribution in [3.8, 4) is 11.5 Å². The molecule has 2 aromatic carbocycles. The predicted octanol–water partition coefficient (Wildman–Crippen LogP) is 3.19. The zero-order valence-electron chi connectivity index (χ0n) is 18.7. The van der Waals surface area contributed by atoms with E-state index < -0.39 is 11.9 Å². The van der Waals surface area contributed by atoms with Crippen LogP contribution < -0.4 is 14.6 Å². The number of hydrogen-bond acceptors (Lipinski definition) is 6. The zero-order chi connectivity index (χ0) is 22.0. The fraction of sp³-hybridized carbons (Fsp3) is 0.417. The molecular weight excluding hydrogens is 558 g/mol. The number of hydrogen-bond donors (Lipinski definition) is 0. The maximum atomic E-state index is 12.7. The molecule has 3 fully saturated rings. The molecule has 0 aliphatic carbocycles. The molecule has 2 bridgehead atoms. The van der Waals surface area contributed by atoms with Crippen LogP contribution in [0.2, 0.25) is 0 Å². The third kappa shape index (κ3) is 5.88. The highest BCUT2D eigenvalue weighted by Crippen LogP contribution is 2.39. The molecule has 0 N–H and O–H groups in total. The van der Waals surface area contributed by atoms with Gasteiger partial charge in [0.2, 0.25) is 0 Å². The summed E-state index contributed by atoms with van der Waals surface area (Å²) in [5.41, 5.74) is 1.28. The van der Waals surface area contributed by atoms with Crippen molar-refractivity contribution in [2.45, 2.75) is 25.5 Å². The number of esters is 1. The molecule has 0 saturated carbocycles. The van der Waals surface area contributed by atoms with Crippen molar-refractivity contribution in [2.24, 2.45) is 5.92 Å². The summed E-state index contributed by atoms with van der Waals surface area (Å²) in [6, 6.07) is 11.6. The fourth-order valence-corrected chi connectivity index (χ4v) is 4.92. The number of fused-ring (bicyclic) bond motifs is 3. The molecule has 0 aromatic heterocycles. The first kappa shape index (κ1) is 27.1. The third-order valence-electron chi connectivity index (χ3n) is 6.63. The summed E-state index contributed by atoms with van der Waals surface area (Å²) in [4.78, 5) is 23.8. The number of piperidine rings is 3. The lowest BCUT2D eigenvalue weighted by molar-refractivity contribution is -0.958. The number of quaternary nitrogens is 1. The molecule has 0 amide bonds. The number of ether oxygens (including phenoxy) is 3. The Morgan fingerprint density at radius 3 is 2.33 bits per heavy atom. The normalized spacial score (nSPS) is 23.0. The van der Waals surface area contributed by atoms with Gasteiger partial charge in [0, 0.05) is 18.8 Å². The van der Waals surface area contributed by atoms with E-state index >= 15 is 0 Å². The first-order chi connectivity index (χ1) is 14.9. The van der Waals surface area contributed by atoms with Crippen LogP contribution in [0.25, 0.3) is 0 Å². The Morgan fingerprint density at radius 1 is 1.00 bits per heavy atom. The van der Waals surface area contributed by atoms with Crippen LogP contribution in [0.1, 0.15) is 39.1 Å². The quantitative estimate of drug-likeness (QED) is 0.366. The van der Waals surface area contributed by atoms with Gasteiger partial charge in [-0.05, 0) is 35.9 Å². The number of aromatic carboxylic acids is 1. The van der Waals surface area contributed by atoms with Crippen molar-refractivity contribution in [3.05, 3.63) is 59.2 Å². The van der Waals surface area contributed by atoms with Gasteiger partial charge in [0.25, 0.3) is 0 Å². The minimum absolute atomic E-state index is 0. The standard InChI is InChI=1S/C24H27NO6.2BrH/c1-29-20-6-7-21(30-2)19(13-20)14-25-10-8-16(9-11-25)22(15-25)31-24(28)18-5-3-4-17(12-18)23(26)27;;/h3-7,12-13,16,22H,8-11,14-15H2,1-2H3;2*1H. The molecule has 0 spiro atoms. The summed E-state index contributed by atoms with van der Waals surface area (Å²) in [6.45, 7) is 3.57. The van der Waals surface area contributed by atoms with E-state index in [1.165, 1.54) is 18.2 Å². The Kier molecular flexibility index (Phi) is 9.34. The summed E-state index contributed by atoms with van der Waals surface area (Å²) in [5.74, 6) is 0.152. The lowest BCUT2D eigenvalue weighted by Crippen LogP contribution is -2.63. The first-order valence-electron chi connectivity index (χ1n) is 10.5. The van der Waals surface area contributed by atoms with Crippen LogP contribution in [0.4, 0.5) is 0 Å². The van der Waals surface area contributed by atoms with E-state index in [1.54, 1.807) is 20.3 Å². The van der Waals surface area contributed by atoms with Crippen LogP contribution in [-0.2, 0) is 11.3 Å². The van der Waals surface area contributed by atoms with Crippen LogP contribution in [0, 0.1) is 5.92 Å². The predicted molar refractivity (Wildman–Crippen MR) is 131 cm³/mol. The summed E-state index contributed by atoms with van der Waals surface area (Å²) in [5, 5.41) is 11.1. The fourth-order valence-electron chi connectivity index (χ4n) is 4.92. The van der Waals surface area contributed by atoms with Crippen LogP contribution in [-0.4, -0.2) is 56.4 Å². The lowest BCUT2D eigenvalue weighted by atomic mass is 9.82.